The van der Waals surface area contributed by atoms with Crippen LogP contribution in [-0.4, -0.2) is 83.1 Å². The van der Waals surface area contributed by atoms with Gasteiger partial charge in [0.2, 0.25) is 0 Å². The second kappa shape index (κ2) is 22.4. The summed E-state index contributed by atoms with van der Waals surface area (Å²) in [5.41, 5.74) is 5.53. The van der Waals surface area contributed by atoms with Crippen molar-refractivity contribution < 1.29 is 126 Å². The summed E-state index contributed by atoms with van der Waals surface area (Å²) in [7, 11) is -1.34. The van der Waals surface area contributed by atoms with Crippen LogP contribution in [0.15, 0.2) is 30.3 Å². The second-order valence-corrected chi connectivity index (χ2v) is 3.66. The Kier molecular flexibility index (Phi) is 35.4. The van der Waals surface area contributed by atoms with Crippen molar-refractivity contribution in [2.75, 3.05) is 0 Å². The molecule has 0 heterocycles. The third-order valence-corrected chi connectivity index (χ3v) is 2.08. The molecule has 0 aromatic heterocycles. The topological polar surface area (TPSA) is 141 Å². The zero-order chi connectivity index (χ0) is 14.8. The molecule has 0 fully saturated rings. The Morgan fingerprint density at radius 3 is 1.78 bits per heavy atom. The van der Waals surface area contributed by atoms with Crippen LogP contribution in [0.2, 0.25) is 0 Å². The quantitative estimate of drug-likeness (QED) is 0.318. The minimum atomic E-state index is -1.34. The van der Waals surface area contributed by atoms with E-state index in [0.29, 0.717) is 5.46 Å². The normalized spacial score (nSPS) is 9.00. The molecule has 1 atom stereocenters. The molecule has 0 radical (unpaired) electrons. The van der Waals surface area contributed by atoms with Crippen molar-refractivity contribution in [2.24, 2.45) is 5.73 Å². The van der Waals surface area contributed by atoms with Crippen LogP contribution in [0.3, 0.4) is 0 Å². The van der Waals surface area contributed by atoms with Gasteiger partial charge in [-0.05, 0) is 11.9 Å². The molecule has 0 spiro atoms. The minimum Gasteiger partial charge on any atom is -1.00 e. The molecule has 0 saturated carbocycles. The molecular formula is C11H21BCaNNa3O6. The molecule has 0 unspecified atom stereocenters. The van der Waals surface area contributed by atoms with Crippen LogP contribution in [0.5, 0.6) is 0 Å². The van der Waals surface area contributed by atoms with Crippen LogP contribution in [0.4, 0.5) is 0 Å². The zero-order valence-corrected chi connectivity index (χ0v) is 22.1. The van der Waals surface area contributed by atoms with Gasteiger partial charge in [0.1, 0.15) is 6.04 Å². The Hall–Kier alpha value is 2.36. The Morgan fingerprint density at radius 2 is 1.52 bits per heavy atom. The Bertz CT molecular complexity index is 435. The first-order valence-electron chi connectivity index (χ1n) is 5.46. The van der Waals surface area contributed by atoms with E-state index >= 15 is 0 Å². The van der Waals surface area contributed by atoms with Gasteiger partial charge in [-0.15, -0.1) is 0 Å². The van der Waals surface area contributed by atoms with Crippen molar-refractivity contribution in [3.63, 3.8) is 0 Å². The average molecular weight is 383 g/mol. The van der Waals surface area contributed by atoms with Gasteiger partial charge < -0.3 is 33.1 Å². The molecule has 0 bridgehead atoms. The number of carbonyl (C=O) groups is 2. The fraction of sp³-hybridized carbons (Fsp3) is 0.273. The summed E-state index contributed by atoms with van der Waals surface area (Å²) in [6.45, 7) is 0. The maximum absolute atomic E-state index is 9.99. The first kappa shape index (κ1) is 36.3. The van der Waals surface area contributed by atoms with Crippen molar-refractivity contribution >= 4 is 62.3 Å². The van der Waals surface area contributed by atoms with E-state index in [9.17, 15) is 9.59 Å². The molecule has 1 aromatic carbocycles. The van der Waals surface area contributed by atoms with Crippen LogP contribution in [-0.2, 0) is 9.59 Å². The summed E-state index contributed by atoms with van der Waals surface area (Å²) in [4.78, 5) is 19.9. The van der Waals surface area contributed by atoms with E-state index in [1.165, 1.54) is 0 Å². The summed E-state index contributed by atoms with van der Waals surface area (Å²) in [5.74, 6) is -2.20. The van der Waals surface area contributed by atoms with E-state index in [0.717, 1.165) is 0 Å². The van der Waals surface area contributed by atoms with Gasteiger partial charge in [-0.2, -0.15) is 0 Å². The zero-order valence-electron chi connectivity index (χ0n) is 18.8. The van der Waals surface area contributed by atoms with Crippen molar-refractivity contribution in [3.05, 3.63) is 30.3 Å². The Balaban J connectivity index is -0.0000000219. The molecule has 12 heteroatoms. The molecule has 0 aliphatic carbocycles. The third-order valence-electron chi connectivity index (χ3n) is 2.08. The summed E-state index contributed by atoms with van der Waals surface area (Å²) in [5, 5.41) is 33.4. The summed E-state index contributed by atoms with van der Waals surface area (Å²) in [6.07, 6.45) is -0.224. The van der Waals surface area contributed by atoms with Crippen molar-refractivity contribution in [2.45, 2.75) is 18.9 Å². The third kappa shape index (κ3) is 22.3. The minimum absolute atomic E-state index is 0. The number of hydrogen-bond acceptors (Lipinski definition) is 5. The maximum atomic E-state index is 9.99. The molecule has 23 heavy (non-hydrogen) atoms. The van der Waals surface area contributed by atoms with Gasteiger partial charge in [-0.25, -0.2) is 0 Å². The van der Waals surface area contributed by atoms with Gasteiger partial charge in [0.15, 0.2) is 0 Å². The maximum Gasteiger partial charge on any atom is 2.00 e. The smallest absolute Gasteiger partial charge is 1.00 e. The number of rotatable bonds is 5. The molecule has 7 nitrogen and oxygen atoms in total. The second-order valence-electron chi connectivity index (χ2n) is 3.66. The van der Waals surface area contributed by atoms with Crippen LogP contribution in [0, 0.1) is 0 Å². The van der Waals surface area contributed by atoms with Crippen LogP contribution in [0.1, 0.15) is 20.0 Å². The number of hydrogen-bond donors (Lipinski definition) is 5. The first-order valence-corrected chi connectivity index (χ1v) is 5.46. The van der Waals surface area contributed by atoms with Crippen molar-refractivity contribution in [3.8, 4) is 0 Å². The van der Waals surface area contributed by atoms with Gasteiger partial charge in [0.25, 0.3) is 0 Å². The Morgan fingerprint density at radius 1 is 1.09 bits per heavy atom. The van der Waals surface area contributed by atoms with E-state index in [1.807, 2.05) is 6.07 Å². The largest absolute Gasteiger partial charge is 2.00 e. The molecule has 1 rings (SSSR count). The predicted molar refractivity (Wildman–Crippen MR) is 80.1 cm³/mol. The van der Waals surface area contributed by atoms with Crippen molar-refractivity contribution in [1.82, 2.24) is 0 Å². The Labute approximate surface area is 239 Å². The standard InChI is InChI=1S/C6H7BO2.C5H9NO4.Ca.3Na.5H/c8-7(9)6-4-2-1-3-5-6;6-3(5(9)10)1-2-4(7)8;;;;;;;;;/h1-5,8-9H;3H,1-2,6H2,(H,7,8)(H,9,10);;;;;;;;;/q;;+2;3*+1;5*-1/t;3-;;;;;;;;;/m.0........./s1. The van der Waals surface area contributed by atoms with E-state index in [4.69, 9.17) is 26.0 Å². The molecule has 0 aliphatic rings. The van der Waals surface area contributed by atoms with Crippen molar-refractivity contribution in [1.29, 1.82) is 0 Å². The molecule has 114 valence electrons. The molecule has 1 aromatic rings. The summed E-state index contributed by atoms with van der Waals surface area (Å²) < 4.78 is 0. The molecule has 0 aliphatic heterocycles. The fourth-order valence-corrected chi connectivity index (χ4v) is 1.03. The molecule has 6 N–H and O–H groups in total. The van der Waals surface area contributed by atoms with E-state index in [2.05, 4.69) is 0 Å². The molecule has 0 saturated heterocycles. The SMILES string of the molecule is N[C@@H](CCC(=O)O)C(=O)O.OB(O)c1ccccc1.[Ca+2].[H-].[H-].[H-].[H-].[H-].[Na+].[Na+].[Na+]. The van der Waals surface area contributed by atoms with Gasteiger partial charge in [-0.1, -0.05) is 30.3 Å². The van der Waals surface area contributed by atoms with Gasteiger partial charge in [-0.3, -0.25) is 9.59 Å². The number of nitrogens with two attached hydrogens (primary N) is 1. The summed E-state index contributed by atoms with van der Waals surface area (Å²) in [6, 6.07) is 7.60. The number of carboxylic acid groups (broad SMARTS) is 2. The van der Waals surface area contributed by atoms with Gasteiger partial charge in [0.05, 0.1) is 0 Å². The van der Waals surface area contributed by atoms with Crippen LogP contribution >= 0.6 is 0 Å². The fourth-order valence-electron chi connectivity index (χ4n) is 1.03. The number of aliphatic carboxylic acids is 2. The number of carboxylic acids is 2. The van der Waals surface area contributed by atoms with Crippen LogP contribution in [0.25, 0.3) is 0 Å². The van der Waals surface area contributed by atoms with Gasteiger partial charge >= 0.3 is 145 Å². The predicted octanol–water partition coefficient (Wildman–Crippen LogP) is -10.2. The van der Waals surface area contributed by atoms with E-state index in [-0.39, 0.29) is 146 Å². The monoisotopic (exact) mass is 383 g/mol. The van der Waals surface area contributed by atoms with E-state index in [1.54, 1.807) is 24.3 Å². The van der Waals surface area contributed by atoms with Crippen LogP contribution < -0.4 is 99.9 Å². The van der Waals surface area contributed by atoms with E-state index < -0.39 is 25.1 Å². The summed E-state index contributed by atoms with van der Waals surface area (Å²) >= 11 is 0. The molecular weight excluding hydrogens is 362 g/mol. The van der Waals surface area contributed by atoms with Gasteiger partial charge in [0, 0.05) is 6.42 Å². The average Bonchev–Trinajstić information content (AvgIpc) is 2.37. The molecule has 0 amide bonds. The first-order chi connectivity index (χ1) is 8.84. The number of benzene rings is 1.